The summed E-state index contributed by atoms with van der Waals surface area (Å²) in [6.07, 6.45) is 5.55. The molecule has 1 unspecified atom stereocenters. The van der Waals surface area contributed by atoms with E-state index in [2.05, 4.69) is 24.5 Å². The molecule has 1 saturated heterocycles. The fraction of sp³-hybridized carbons (Fsp3) is 1.00. The van der Waals surface area contributed by atoms with Crippen LogP contribution in [0, 0.1) is 5.92 Å². The van der Waals surface area contributed by atoms with Crippen LogP contribution in [0.25, 0.3) is 0 Å². The highest BCUT2D eigenvalue weighted by Gasteiger charge is 2.36. The third-order valence-corrected chi connectivity index (χ3v) is 3.80. The lowest BCUT2D eigenvalue weighted by atomic mass is 9.76. The molecule has 1 aliphatic carbocycles. The third kappa shape index (κ3) is 2.05. The van der Waals surface area contributed by atoms with Crippen LogP contribution in [0.4, 0.5) is 0 Å². The molecule has 1 heterocycles. The smallest absolute Gasteiger partial charge is 0.0307 e. The van der Waals surface area contributed by atoms with E-state index in [0.717, 1.165) is 12.5 Å². The van der Waals surface area contributed by atoms with Crippen molar-refractivity contribution in [3.63, 3.8) is 0 Å². The second-order valence-electron chi connectivity index (χ2n) is 5.13. The van der Waals surface area contributed by atoms with Crippen molar-refractivity contribution in [2.45, 2.75) is 51.1 Å². The van der Waals surface area contributed by atoms with Crippen molar-refractivity contribution in [1.29, 1.82) is 0 Å². The first-order chi connectivity index (χ1) is 6.20. The van der Waals surface area contributed by atoms with E-state index in [1.54, 1.807) is 0 Å². The molecular weight excluding hydrogens is 160 g/mol. The number of hydrogen-bond acceptors (Lipinski definition) is 2. The van der Waals surface area contributed by atoms with Gasteiger partial charge in [-0.3, -0.25) is 0 Å². The Morgan fingerprint density at radius 1 is 1.15 bits per heavy atom. The van der Waals surface area contributed by atoms with E-state index in [0.29, 0.717) is 11.6 Å². The van der Waals surface area contributed by atoms with E-state index in [1.807, 2.05) is 0 Å². The molecule has 2 aliphatic rings. The predicted molar refractivity (Wildman–Crippen MR) is 55.8 cm³/mol. The molecule has 2 rings (SSSR count). The molecule has 0 amide bonds. The molecule has 1 saturated carbocycles. The van der Waals surface area contributed by atoms with Crippen LogP contribution < -0.4 is 10.6 Å². The Bertz CT molecular complexity index is 139. The monoisotopic (exact) mass is 182 g/mol. The van der Waals surface area contributed by atoms with Crippen molar-refractivity contribution >= 4 is 0 Å². The third-order valence-electron chi connectivity index (χ3n) is 3.80. The van der Waals surface area contributed by atoms with Crippen LogP contribution in [-0.2, 0) is 0 Å². The van der Waals surface area contributed by atoms with Gasteiger partial charge in [-0.15, -0.1) is 0 Å². The number of rotatable bonds is 0. The zero-order chi connectivity index (χ0) is 9.31. The van der Waals surface area contributed by atoms with Crippen LogP contribution in [0.1, 0.15) is 39.5 Å². The summed E-state index contributed by atoms with van der Waals surface area (Å²) in [4.78, 5) is 0. The van der Waals surface area contributed by atoms with Crippen molar-refractivity contribution in [3.05, 3.63) is 0 Å². The summed E-state index contributed by atoms with van der Waals surface area (Å²) in [6, 6.07) is 0.657. The van der Waals surface area contributed by atoms with Gasteiger partial charge in [-0.1, -0.05) is 6.92 Å². The molecule has 0 bridgehead atoms. The number of nitrogens with one attached hydrogen (secondary N) is 2. The van der Waals surface area contributed by atoms with Gasteiger partial charge in [0.1, 0.15) is 0 Å². The van der Waals surface area contributed by atoms with Gasteiger partial charge in [0.15, 0.2) is 0 Å². The first-order valence-electron chi connectivity index (χ1n) is 5.69. The molecule has 1 aliphatic heterocycles. The van der Waals surface area contributed by atoms with Gasteiger partial charge in [0, 0.05) is 24.7 Å². The van der Waals surface area contributed by atoms with E-state index < -0.39 is 0 Å². The fourth-order valence-electron chi connectivity index (χ4n) is 2.54. The molecule has 1 atom stereocenters. The van der Waals surface area contributed by atoms with Crippen molar-refractivity contribution in [2.24, 2.45) is 5.92 Å². The van der Waals surface area contributed by atoms with Gasteiger partial charge in [-0.25, -0.2) is 0 Å². The molecule has 0 aromatic heterocycles. The Kier molecular flexibility index (Phi) is 2.61. The summed E-state index contributed by atoms with van der Waals surface area (Å²) in [5.74, 6) is 0.951. The Morgan fingerprint density at radius 2 is 1.85 bits per heavy atom. The van der Waals surface area contributed by atoms with Crippen molar-refractivity contribution in [2.75, 3.05) is 13.1 Å². The molecule has 0 radical (unpaired) electrons. The molecule has 1 spiro atoms. The highest BCUT2D eigenvalue weighted by Crippen LogP contribution is 2.32. The Morgan fingerprint density at radius 3 is 2.38 bits per heavy atom. The van der Waals surface area contributed by atoms with Gasteiger partial charge in [-0.2, -0.15) is 0 Å². The van der Waals surface area contributed by atoms with Crippen LogP contribution >= 0.6 is 0 Å². The molecule has 2 N–H and O–H groups in total. The van der Waals surface area contributed by atoms with E-state index in [9.17, 15) is 0 Å². The minimum Gasteiger partial charge on any atom is -0.311 e. The molecular formula is C11H22N2. The van der Waals surface area contributed by atoms with E-state index in [4.69, 9.17) is 0 Å². The maximum Gasteiger partial charge on any atom is 0.0307 e. The summed E-state index contributed by atoms with van der Waals surface area (Å²) in [6.45, 7) is 6.96. The molecule has 76 valence electrons. The normalized spacial score (nSPS) is 46.6. The Hall–Kier alpha value is -0.0800. The van der Waals surface area contributed by atoms with Crippen LogP contribution in [0.15, 0.2) is 0 Å². The Balaban J connectivity index is 1.90. The first kappa shape index (κ1) is 9.47. The minimum absolute atomic E-state index is 0.457. The molecule has 0 aromatic rings. The molecule has 0 aromatic carbocycles. The zero-order valence-electron chi connectivity index (χ0n) is 8.90. The fourth-order valence-corrected chi connectivity index (χ4v) is 2.54. The maximum absolute atomic E-state index is 3.74. The summed E-state index contributed by atoms with van der Waals surface area (Å²) in [5, 5.41) is 7.34. The summed E-state index contributed by atoms with van der Waals surface area (Å²) < 4.78 is 0. The van der Waals surface area contributed by atoms with Crippen LogP contribution in [-0.4, -0.2) is 24.7 Å². The second-order valence-corrected chi connectivity index (χ2v) is 5.13. The topological polar surface area (TPSA) is 24.1 Å². The average molecular weight is 182 g/mol. The SMILES string of the molecule is CC1CCC2(CC1)CNC(C)CN2. The second kappa shape index (κ2) is 3.58. The number of piperazine rings is 1. The molecule has 2 fully saturated rings. The van der Waals surface area contributed by atoms with Crippen LogP contribution in [0.3, 0.4) is 0 Å². The predicted octanol–water partition coefficient (Wildman–Crippen LogP) is 1.52. The van der Waals surface area contributed by atoms with E-state index >= 15 is 0 Å². The number of hydrogen-bond donors (Lipinski definition) is 2. The van der Waals surface area contributed by atoms with E-state index in [1.165, 1.54) is 32.2 Å². The molecule has 13 heavy (non-hydrogen) atoms. The van der Waals surface area contributed by atoms with Crippen molar-refractivity contribution in [3.8, 4) is 0 Å². The van der Waals surface area contributed by atoms with Gasteiger partial charge < -0.3 is 10.6 Å². The van der Waals surface area contributed by atoms with Crippen molar-refractivity contribution in [1.82, 2.24) is 10.6 Å². The summed E-state index contributed by atoms with van der Waals surface area (Å²) in [7, 11) is 0. The van der Waals surface area contributed by atoms with Gasteiger partial charge in [0.05, 0.1) is 0 Å². The summed E-state index contributed by atoms with van der Waals surface area (Å²) in [5.41, 5.74) is 0.457. The van der Waals surface area contributed by atoms with Gasteiger partial charge in [-0.05, 0) is 38.5 Å². The minimum atomic E-state index is 0.457. The first-order valence-corrected chi connectivity index (χ1v) is 5.69. The quantitative estimate of drug-likeness (QED) is 0.593. The highest BCUT2D eigenvalue weighted by molar-refractivity contribution is 4.98. The largest absolute Gasteiger partial charge is 0.311 e. The van der Waals surface area contributed by atoms with E-state index in [-0.39, 0.29) is 0 Å². The average Bonchev–Trinajstić information content (AvgIpc) is 2.16. The van der Waals surface area contributed by atoms with Crippen LogP contribution in [0.5, 0.6) is 0 Å². The lowest BCUT2D eigenvalue weighted by molar-refractivity contribution is 0.156. The summed E-state index contributed by atoms with van der Waals surface area (Å²) >= 11 is 0. The lowest BCUT2D eigenvalue weighted by Crippen LogP contribution is -2.63. The standard InChI is InChI=1S/C11H22N2/c1-9-3-5-11(6-4-9)8-12-10(2)7-13-11/h9-10,12-13H,3-8H2,1-2H3. The van der Waals surface area contributed by atoms with Crippen molar-refractivity contribution < 1.29 is 0 Å². The molecule has 2 nitrogen and oxygen atoms in total. The van der Waals surface area contributed by atoms with Gasteiger partial charge in [0.2, 0.25) is 0 Å². The molecule has 2 heteroatoms. The zero-order valence-corrected chi connectivity index (χ0v) is 8.90. The van der Waals surface area contributed by atoms with Crippen LogP contribution in [0.2, 0.25) is 0 Å². The Labute approximate surface area is 81.5 Å². The van der Waals surface area contributed by atoms with Gasteiger partial charge >= 0.3 is 0 Å². The van der Waals surface area contributed by atoms with Gasteiger partial charge in [0.25, 0.3) is 0 Å². The maximum atomic E-state index is 3.74. The lowest BCUT2D eigenvalue weighted by Gasteiger charge is -2.45. The highest BCUT2D eigenvalue weighted by atomic mass is 15.1.